The minimum Gasteiger partial charge on any atom is -0.392 e. The average Bonchev–Trinajstić information content (AvgIpc) is 2.67. The van der Waals surface area contributed by atoms with Crippen LogP contribution >= 0.6 is 23.1 Å². The molecule has 0 radical (unpaired) electrons. The monoisotopic (exact) mass is 293 g/mol. The molecule has 2 N–H and O–H groups in total. The Hall–Kier alpha value is -1.33. The lowest BCUT2D eigenvalue weighted by Gasteiger charge is -1.99. The number of carbonyl (C=O) groups excluding carboxylic acids is 1. The Bertz CT molecular complexity index is 620. The third-order valence-corrected chi connectivity index (χ3v) is 5.13. The van der Waals surface area contributed by atoms with Crippen molar-refractivity contribution in [3.8, 4) is 5.69 Å². The van der Waals surface area contributed by atoms with E-state index in [0.717, 1.165) is 21.2 Å². The van der Waals surface area contributed by atoms with Crippen LogP contribution < -0.4 is 10.3 Å². The Balaban J connectivity index is 2.63. The molecule has 2 rings (SSSR count). The van der Waals surface area contributed by atoms with Crippen molar-refractivity contribution in [1.29, 1.82) is 0 Å². The average molecular weight is 293 g/mol. The van der Waals surface area contributed by atoms with Crippen LogP contribution in [0, 0.1) is 6.92 Å². The van der Waals surface area contributed by atoms with Crippen molar-refractivity contribution in [3.05, 3.63) is 35.0 Å². The zero-order chi connectivity index (χ0) is 14.0. The number of Topliss-reactive ketones (excluding diaryl/α,β-unsaturated/α-hetero) is 1. The van der Waals surface area contributed by atoms with Gasteiger partial charge in [-0.1, -0.05) is 6.92 Å². The number of ketones is 1. The van der Waals surface area contributed by atoms with Crippen molar-refractivity contribution in [3.63, 3.8) is 0 Å². The van der Waals surface area contributed by atoms with Crippen molar-refractivity contribution in [2.75, 3.05) is 11.5 Å². The van der Waals surface area contributed by atoms with Gasteiger partial charge in [0.25, 0.3) is 5.69 Å². The van der Waals surface area contributed by atoms with Gasteiger partial charge in [0, 0.05) is 18.6 Å². The Kier molecular flexibility index (Phi) is 4.27. The predicted molar refractivity (Wildman–Crippen MR) is 81.4 cm³/mol. The normalized spacial score (nSPS) is 10.7. The molecule has 2 aromatic rings. The van der Waals surface area contributed by atoms with E-state index in [1.807, 2.05) is 36.0 Å². The molecule has 0 spiro atoms. The highest BCUT2D eigenvalue weighted by molar-refractivity contribution is 8.01. The van der Waals surface area contributed by atoms with Crippen molar-refractivity contribution < 1.29 is 9.36 Å². The molecule has 5 heteroatoms. The van der Waals surface area contributed by atoms with Gasteiger partial charge in [-0.2, -0.15) is 4.57 Å². The van der Waals surface area contributed by atoms with Crippen LogP contribution in [0.15, 0.2) is 28.7 Å². The fourth-order valence-corrected chi connectivity index (χ4v) is 4.18. The van der Waals surface area contributed by atoms with Crippen molar-refractivity contribution in [2.24, 2.45) is 0 Å². The van der Waals surface area contributed by atoms with Gasteiger partial charge >= 0.3 is 0 Å². The van der Waals surface area contributed by atoms with Gasteiger partial charge in [-0.05, 0) is 18.7 Å². The molecule has 0 aliphatic carbocycles. The van der Waals surface area contributed by atoms with Crippen LogP contribution in [-0.4, -0.2) is 11.5 Å². The number of nitrogens with two attached hydrogens (primary N) is 1. The molecule has 0 atom stereocenters. The summed E-state index contributed by atoms with van der Waals surface area (Å²) in [6.45, 7) is 5.70. The van der Waals surface area contributed by atoms with Gasteiger partial charge in [0.15, 0.2) is 18.2 Å². The number of aryl methyl sites for hydroxylation is 1. The van der Waals surface area contributed by atoms with E-state index in [2.05, 4.69) is 6.92 Å². The summed E-state index contributed by atoms with van der Waals surface area (Å²) < 4.78 is 3.10. The van der Waals surface area contributed by atoms with Gasteiger partial charge in [0.1, 0.15) is 14.8 Å². The number of thioether (sulfide) groups is 1. The lowest BCUT2D eigenvalue weighted by Crippen LogP contribution is -2.31. The van der Waals surface area contributed by atoms with Crippen LogP contribution in [-0.2, 0) is 0 Å². The number of thiophene rings is 1. The second kappa shape index (κ2) is 5.75. The molecule has 0 amide bonds. The quantitative estimate of drug-likeness (QED) is 0.535. The maximum Gasteiger partial charge on any atom is 0.259 e. The summed E-state index contributed by atoms with van der Waals surface area (Å²) in [7, 11) is 0. The molecule has 0 aliphatic heterocycles. The number of nitrogen functional groups attached to an aromatic ring is 1. The number of pyridine rings is 1. The van der Waals surface area contributed by atoms with Crippen molar-refractivity contribution >= 4 is 34.6 Å². The van der Waals surface area contributed by atoms with E-state index in [1.54, 1.807) is 18.7 Å². The first-order valence-corrected chi connectivity index (χ1v) is 7.89. The van der Waals surface area contributed by atoms with Crippen LogP contribution in [0.2, 0.25) is 0 Å². The Morgan fingerprint density at radius 3 is 2.84 bits per heavy atom. The third kappa shape index (κ3) is 2.82. The van der Waals surface area contributed by atoms with Gasteiger partial charge in [-0.15, -0.1) is 23.1 Å². The number of hydrogen-bond acceptors (Lipinski definition) is 4. The highest BCUT2D eigenvalue weighted by Gasteiger charge is 2.26. The molecule has 0 saturated carbocycles. The summed E-state index contributed by atoms with van der Waals surface area (Å²) in [6.07, 6.45) is 4.00. The number of nitrogens with zero attached hydrogens (tertiary/aromatic N) is 1. The Morgan fingerprint density at radius 2 is 2.26 bits per heavy atom. The number of carbonyl (C=O) groups is 1. The fourth-order valence-electron chi connectivity index (χ4n) is 1.88. The first-order valence-electron chi connectivity index (χ1n) is 6.08. The van der Waals surface area contributed by atoms with Crippen molar-refractivity contribution in [2.45, 2.75) is 25.0 Å². The molecule has 3 nitrogen and oxygen atoms in total. The molecule has 0 saturated heterocycles. The predicted octanol–water partition coefficient (Wildman–Crippen LogP) is 3.23. The molecule has 100 valence electrons. The molecule has 0 fully saturated rings. The van der Waals surface area contributed by atoms with E-state index in [-0.39, 0.29) is 5.78 Å². The minimum absolute atomic E-state index is 0.0277. The molecular formula is C14H17N2OS2+. The topological polar surface area (TPSA) is 47.0 Å². The molecular weight excluding hydrogens is 276 g/mol. The highest BCUT2D eigenvalue weighted by atomic mass is 32.2. The summed E-state index contributed by atoms with van der Waals surface area (Å²) >= 11 is 3.21. The molecule has 0 aliphatic rings. The third-order valence-electron chi connectivity index (χ3n) is 2.69. The Morgan fingerprint density at radius 1 is 1.53 bits per heavy atom. The maximum atomic E-state index is 11.6. The first-order chi connectivity index (χ1) is 9.04. The zero-order valence-electron chi connectivity index (χ0n) is 11.3. The summed E-state index contributed by atoms with van der Waals surface area (Å²) in [5.41, 5.74) is 8.85. The summed E-state index contributed by atoms with van der Waals surface area (Å²) in [5, 5.41) is 0. The maximum absolute atomic E-state index is 11.6. The lowest BCUT2D eigenvalue weighted by molar-refractivity contribution is -0.597. The number of aromatic nitrogens is 1. The van der Waals surface area contributed by atoms with E-state index in [9.17, 15) is 4.79 Å². The standard InChI is InChI=1S/C14H16N2OS2/c1-4-18-14-12(11(15)13(19-14)10(3)17)16-7-5-6-9(2)8-16/h5-8H,4H2,1-3H3,(H-,15,17)/p+1. The molecule has 0 aromatic carbocycles. The van der Waals surface area contributed by atoms with E-state index < -0.39 is 0 Å². The molecule has 2 aromatic heterocycles. The molecule has 0 bridgehead atoms. The van der Waals surface area contributed by atoms with E-state index >= 15 is 0 Å². The largest absolute Gasteiger partial charge is 0.392 e. The van der Waals surface area contributed by atoms with E-state index in [0.29, 0.717) is 10.6 Å². The second-order valence-electron chi connectivity index (χ2n) is 4.26. The van der Waals surface area contributed by atoms with Gasteiger partial charge in [-0.25, -0.2) is 0 Å². The van der Waals surface area contributed by atoms with E-state index in [1.165, 1.54) is 11.3 Å². The molecule has 2 heterocycles. The van der Waals surface area contributed by atoms with Crippen molar-refractivity contribution in [1.82, 2.24) is 0 Å². The molecule has 19 heavy (non-hydrogen) atoms. The van der Waals surface area contributed by atoms with Gasteiger partial charge in [0.2, 0.25) is 0 Å². The van der Waals surface area contributed by atoms with Crippen LogP contribution in [0.25, 0.3) is 5.69 Å². The van der Waals surface area contributed by atoms with Crippen LogP contribution in [0.4, 0.5) is 5.69 Å². The van der Waals surface area contributed by atoms with E-state index in [4.69, 9.17) is 5.73 Å². The minimum atomic E-state index is 0.0277. The first kappa shape index (κ1) is 14.1. The lowest BCUT2D eigenvalue weighted by atomic mass is 10.2. The summed E-state index contributed by atoms with van der Waals surface area (Å²) in [5.74, 6) is 0.983. The zero-order valence-corrected chi connectivity index (χ0v) is 12.9. The van der Waals surface area contributed by atoms with Gasteiger partial charge < -0.3 is 5.73 Å². The number of rotatable bonds is 4. The number of hydrogen-bond donors (Lipinski definition) is 1. The Labute approximate surface area is 121 Å². The fraction of sp³-hybridized carbons (Fsp3) is 0.286. The highest BCUT2D eigenvalue weighted by Crippen LogP contribution is 2.38. The number of anilines is 1. The van der Waals surface area contributed by atoms with Gasteiger partial charge in [-0.3, -0.25) is 4.79 Å². The summed E-state index contributed by atoms with van der Waals surface area (Å²) in [6, 6.07) is 4.03. The van der Waals surface area contributed by atoms with Crippen LogP contribution in [0.5, 0.6) is 0 Å². The van der Waals surface area contributed by atoms with Crippen LogP contribution in [0.1, 0.15) is 29.1 Å². The van der Waals surface area contributed by atoms with Gasteiger partial charge in [0.05, 0.1) is 0 Å². The SMILES string of the molecule is CCSc1sc(C(C)=O)c(N)c1-[n+]1cccc(C)c1. The molecule has 0 unspecified atom stereocenters. The summed E-state index contributed by atoms with van der Waals surface area (Å²) in [4.78, 5) is 12.3. The smallest absolute Gasteiger partial charge is 0.259 e. The second-order valence-corrected chi connectivity index (χ2v) is 6.81. The van der Waals surface area contributed by atoms with Crippen LogP contribution in [0.3, 0.4) is 0 Å².